The Bertz CT molecular complexity index is 606. The number of ether oxygens (including phenoxy) is 1. The van der Waals surface area contributed by atoms with Crippen LogP contribution in [0.15, 0.2) is 36.5 Å². The lowest BCUT2D eigenvalue weighted by atomic mass is 10.1. The van der Waals surface area contributed by atoms with Crippen LogP contribution in [0.4, 0.5) is 5.82 Å². The van der Waals surface area contributed by atoms with Crippen molar-refractivity contribution in [2.24, 2.45) is 0 Å². The SMILES string of the molecule is COc1cc(CC(=O)Nc2ccc(C)cn2)ccc1C. The number of aromatic nitrogens is 1. The number of benzene rings is 1. The first-order chi connectivity index (χ1) is 9.58. The van der Waals surface area contributed by atoms with Crippen LogP contribution in [0, 0.1) is 13.8 Å². The van der Waals surface area contributed by atoms with Gasteiger partial charge in [0.2, 0.25) is 5.91 Å². The molecule has 20 heavy (non-hydrogen) atoms. The molecule has 0 saturated heterocycles. The van der Waals surface area contributed by atoms with Gasteiger partial charge in [-0.3, -0.25) is 4.79 Å². The maximum absolute atomic E-state index is 12.0. The van der Waals surface area contributed by atoms with Crippen molar-refractivity contribution in [2.75, 3.05) is 12.4 Å². The molecule has 0 aliphatic rings. The molecule has 1 aromatic heterocycles. The standard InChI is InChI=1S/C16H18N2O2/c1-11-4-7-15(17-10-11)18-16(19)9-13-6-5-12(2)14(8-13)20-3/h4-8,10H,9H2,1-3H3,(H,17,18,19). The van der Waals surface area contributed by atoms with Crippen molar-refractivity contribution in [3.05, 3.63) is 53.2 Å². The van der Waals surface area contributed by atoms with Gasteiger partial charge in [0.1, 0.15) is 11.6 Å². The van der Waals surface area contributed by atoms with Crippen LogP contribution in [-0.2, 0) is 11.2 Å². The van der Waals surface area contributed by atoms with Gasteiger partial charge in [-0.1, -0.05) is 18.2 Å². The van der Waals surface area contributed by atoms with Gasteiger partial charge in [-0.15, -0.1) is 0 Å². The first-order valence-corrected chi connectivity index (χ1v) is 6.44. The lowest BCUT2D eigenvalue weighted by Crippen LogP contribution is -2.15. The van der Waals surface area contributed by atoms with E-state index in [0.29, 0.717) is 12.2 Å². The smallest absolute Gasteiger partial charge is 0.229 e. The molecule has 0 radical (unpaired) electrons. The fraction of sp³-hybridized carbons (Fsp3) is 0.250. The highest BCUT2D eigenvalue weighted by atomic mass is 16.5. The van der Waals surface area contributed by atoms with E-state index in [4.69, 9.17) is 4.74 Å². The zero-order valence-corrected chi connectivity index (χ0v) is 11.9. The number of rotatable bonds is 4. The molecule has 1 aromatic carbocycles. The lowest BCUT2D eigenvalue weighted by Gasteiger charge is -2.08. The quantitative estimate of drug-likeness (QED) is 0.929. The summed E-state index contributed by atoms with van der Waals surface area (Å²) in [5.41, 5.74) is 3.03. The minimum absolute atomic E-state index is 0.0905. The van der Waals surface area contributed by atoms with Gasteiger partial charge in [-0.05, 0) is 42.7 Å². The average molecular weight is 270 g/mol. The molecule has 0 saturated carbocycles. The second kappa shape index (κ2) is 6.19. The van der Waals surface area contributed by atoms with Crippen LogP contribution in [0.25, 0.3) is 0 Å². The van der Waals surface area contributed by atoms with E-state index in [1.165, 1.54) is 0 Å². The van der Waals surface area contributed by atoms with Crippen LogP contribution in [0.5, 0.6) is 5.75 Å². The Morgan fingerprint density at radius 3 is 2.70 bits per heavy atom. The molecule has 1 N–H and O–H groups in total. The van der Waals surface area contributed by atoms with Gasteiger partial charge in [0, 0.05) is 6.20 Å². The van der Waals surface area contributed by atoms with Crippen molar-refractivity contribution in [3.63, 3.8) is 0 Å². The zero-order chi connectivity index (χ0) is 14.5. The van der Waals surface area contributed by atoms with E-state index in [-0.39, 0.29) is 5.91 Å². The van der Waals surface area contributed by atoms with Gasteiger partial charge >= 0.3 is 0 Å². The molecule has 0 bridgehead atoms. The van der Waals surface area contributed by atoms with Crippen LogP contribution in [-0.4, -0.2) is 18.0 Å². The van der Waals surface area contributed by atoms with E-state index in [1.54, 1.807) is 19.4 Å². The fourth-order valence-corrected chi connectivity index (χ4v) is 1.89. The summed E-state index contributed by atoms with van der Waals surface area (Å²) >= 11 is 0. The maximum Gasteiger partial charge on any atom is 0.229 e. The van der Waals surface area contributed by atoms with Crippen molar-refractivity contribution < 1.29 is 9.53 Å². The molecule has 104 valence electrons. The van der Waals surface area contributed by atoms with Gasteiger partial charge in [0.15, 0.2) is 0 Å². The van der Waals surface area contributed by atoms with Gasteiger partial charge < -0.3 is 10.1 Å². The molecular formula is C16H18N2O2. The highest BCUT2D eigenvalue weighted by Crippen LogP contribution is 2.19. The summed E-state index contributed by atoms with van der Waals surface area (Å²) in [7, 11) is 1.63. The Balaban J connectivity index is 2.02. The number of pyridine rings is 1. The third-order valence-electron chi connectivity index (χ3n) is 3.02. The van der Waals surface area contributed by atoms with Crippen molar-refractivity contribution >= 4 is 11.7 Å². The molecule has 0 fully saturated rings. The molecule has 0 spiro atoms. The minimum atomic E-state index is -0.0905. The van der Waals surface area contributed by atoms with Crippen molar-refractivity contribution in [1.82, 2.24) is 4.98 Å². The molecule has 0 aliphatic carbocycles. The third-order valence-corrected chi connectivity index (χ3v) is 3.02. The average Bonchev–Trinajstić information content (AvgIpc) is 2.43. The number of hydrogen-bond donors (Lipinski definition) is 1. The van der Waals surface area contributed by atoms with Gasteiger partial charge in [-0.25, -0.2) is 4.98 Å². The Morgan fingerprint density at radius 2 is 2.05 bits per heavy atom. The predicted molar refractivity (Wildman–Crippen MR) is 79.0 cm³/mol. The molecule has 1 heterocycles. The zero-order valence-electron chi connectivity index (χ0n) is 11.9. The van der Waals surface area contributed by atoms with Crippen LogP contribution < -0.4 is 10.1 Å². The van der Waals surface area contributed by atoms with Crippen LogP contribution in [0.1, 0.15) is 16.7 Å². The molecule has 2 rings (SSSR count). The van der Waals surface area contributed by atoms with Crippen molar-refractivity contribution in [2.45, 2.75) is 20.3 Å². The molecular weight excluding hydrogens is 252 g/mol. The Labute approximate surface area is 118 Å². The number of anilines is 1. The second-order valence-electron chi connectivity index (χ2n) is 4.75. The number of carbonyl (C=O) groups is 1. The number of amides is 1. The molecule has 0 unspecified atom stereocenters. The van der Waals surface area contributed by atoms with E-state index in [9.17, 15) is 4.79 Å². The first-order valence-electron chi connectivity index (χ1n) is 6.44. The number of carbonyl (C=O) groups excluding carboxylic acids is 1. The van der Waals surface area contributed by atoms with Crippen LogP contribution in [0.2, 0.25) is 0 Å². The number of aryl methyl sites for hydroxylation is 2. The van der Waals surface area contributed by atoms with E-state index < -0.39 is 0 Å². The fourth-order valence-electron chi connectivity index (χ4n) is 1.89. The van der Waals surface area contributed by atoms with Crippen molar-refractivity contribution in [3.8, 4) is 5.75 Å². The van der Waals surface area contributed by atoms with Crippen LogP contribution >= 0.6 is 0 Å². The molecule has 0 aliphatic heterocycles. The van der Waals surface area contributed by atoms with Gasteiger partial charge in [-0.2, -0.15) is 0 Å². The number of nitrogens with zero attached hydrogens (tertiary/aromatic N) is 1. The summed E-state index contributed by atoms with van der Waals surface area (Å²) in [6.45, 7) is 3.93. The Hall–Kier alpha value is -2.36. The molecule has 4 nitrogen and oxygen atoms in total. The summed E-state index contributed by atoms with van der Waals surface area (Å²) in [6.07, 6.45) is 2.02. The summed E-state index contributed by atoms with van der Waals surface area (Å²) in [4.78, 5) is 16.1. The number of hydrogen-bond acceptors (Lipinski definition) is 3. The summed E-state index contributed by atoms with van der Waals surface area (Å²) in [6, 6.07) is 9.48. The molecule has 4 heteroatoms. The predicted octanol–water partition coefficient (Wildman–Crippen LogP) is 2.89. The summed E-state index contributed by atoms with van der Waals surface area (Å²) in [5, 5.41) is 2.78. The number of nitrogens with one attached hydrogen (secondary N) is 1. The Morgan fingerprint density at radius 1 is 1.25 bits per heavy atom. The van der Waals surface area contributed by atoms with Crippen LogP contribution in [0.3, 0.4) is 0 Å². The summed E-state index contributed by atoms with van der Waals surface area (Å²) < 4.78 is 5.25. The topological polar surface area (TPSA) is 51.2 Å². The largest absolute Gasteiger partial charge is 0.496 e. The molecule has 1 amide bonds. The lowest BCUT2D eigenvalue weighted by molar-refractivity contribution is -0.115. The van der Waals surface area contributed by atoms with Crippen molar-refractivity contribution in [1.29, 1.82) is 0 Å². The normalized spacial score (nSPS) is 10.2. The van der Waals surface area contributed by atoms with E-state index >= 15 is 0 Å². The van der Waals surface area contributed by atoms with E-state index in [0.717, 1.165) is 22.4 Å². The van der Waals surface area contributed by atoms with Gasteiger partial charge in [0.25, 0.3) is 0 Å². The number of methoxy groups -OCH3 is 1. The summed E-state index contributed by atoms with van der Waals surface area (Å²) in [5.74, 6) is 1.27. The van der Waals surface area contributed by atoms with E-state index in [2.05, 4.69) is 10.3 Å². The third kappa shape index (κ3) is 3.57. The van der Waals surface area contributed by atoms with Gasteiger partial charge in [0.05, 0.1) is 13.5 Å². The first kappa shape index (κ1) is 14.1. The highest BCUT2D eigenvalue weighted by molar-refractivity contribution is 5.91. The Kier molecular flexibility index (Phi) is 4.35. The second-order valence-corrected chi connectivity index (χ2v) is 4.75. The minimum Gasteiger partial charge on any atom is -0.496 e. The highest BCUT2D eigenvalue weighted by Gasteiger charge is 2.07. The molecule has 2 aromatic rings. The van der Waals surface area contributed by atoms with E-state index in [1.807, 2.05) is 38.1 Å². The maximum atomic E-state index is 12.0. The molecule has 0 atom stereocenters. The monoisotopic (exact) mass is 270 g/mol.